The lowest BCUT2D eigenvalue weighted by Crippen LogP contribution is -2.70. The first-order valence-electron chi connectivity index (χ1n) is 11.8. The van der Waals surface area contributed by atoms with Crippen molar-refractivity contribution in [2.75, 3.05) is 5.32 Å². The van der Waals surface area contributed by atoms with E-state index in [1.54, 1.807) is 0 Å². The van der Waals surface area contributed by atoms with Crippen molar-refractivity contribution in [1.82, 2.24) is 20.2 Å². The average molecular weight is 444 g/mol. The largest absolute Gasteiger partial charge is 0.362 e. The lowest BCUT2D eigenvalue weighted by Gasteiger charge is -2.60. The first-order valence-corrected chi connectivity index (χ1v) is 11.8. The van der Waals surface area contributed by atoms with Crippen molar-refractivity contribution in [3.8, 4) is 0 Å². The lowest BCUT2D eigenvalue weighted by molar-refractivity contribution is -0.139. The van der Waals surface area contributed by atoms with Crippen LogP contribution >= 0.6 is 0 Å². The van der Waals surface area contributed by atoms with Crippen molar-refractivity contribution >= 4 is 28.5 Å². The van der Waals surface area contributed by atoms with Gasteiger partial charge in [-0.3, -0.25) is 9.59 Å². The van der Waals surface area contributed by atoms with Crippen molar-refractivity contribution < 1.29 is 9.59 Å². The monoisotopic (exact) mass is 443 g/mol. The Labute approximate surface area is 193 Å². The first-order chi connectivity index (χ1) is 15.9. The minimum Gasteiger partial charge on any atom is -0.362 e. The molecule has 170 valence electrons. The van der Waals surface area contributed by atoms with Gasteiger partial charge in [-0.2, -0.15) is 0 Å². The van der Waals surface area contributed by atoms with Gasteiger partial charge < -0.3 is 20.5 Å². The molecule has 4 atom stereocenters. The fourth-order valence-electron chi connectivity index (χ4n) is 6.50. The summed E-state index contributed by atoms with van der Waals surface area (Å²) in [4.78, 5) is 30.9. The summed E-state index contributed by atoms with van der Waals surface area (Å²) in [5.41, 5.74) is 2.91. The number of hydrogen-bond acceptors (Lipinski definition) is 4. The maximum atomic E-state index is 13.4. The van der Waals surface area contributed by atoms with Crippen molar-refractivity contribution in [3.05, 3.63) is 59.9 Å². The number of nitrogens with one attached hydrogen (secondary N) is 3. The number of amides is 2. The highest BCUT2D eigenvalue weighted by atomic mass is 16.2. The van der Waals surface area contributed by atoms with Crippen molar-refractivity contribution in [2.24, 2.45) is 24.3 Å². The van der Waals surface area contributed by atoms with Crippen LogP contribution in [0.2, 0.25) is 0 Å². The highest BCUT2D eigenvalue weighted by Crippen LogP contribution is 2.58. The number of benzene rings is 2. The van der Waals surface area contributed by atoms with Gasteiger partial charge in [0.15, 0.2) is 0 Å². The van der Waals surface area contributed by atoms with Gasteiger partial charge in [0.05, 0.1) is 23.1 Å². The summed E-state index contributed by atoms with van der Waals surface area (Å²) in [6.45, 7) is 2.62. The predicted molar refractivity (Wildman–Crippen MR) is 126 cm³/mol. The second kappa shape index (κ2) is 7.07. The third-order valence-corrected chi connectivity index (χ3v) is 8.29. The fourth-order valence-corrected chi connectivity index (χ4v) is 6.50. The Kier molecular flexibility index (Phi) is 4.34. The third-order valence-electron chi connectivity index (χ3n) is 8.29. The van der Waals surface area contributed by atoms with Crippen LogP contribution in [0.3, 0.4) is 0 Å². The summed E-state index contributed by atoms with van der Waals surface area (Å²) < 4.78 is 2.04. The van der Waals surface area contributed by atoms with E-state index >= 15 is 0 Å². The van der Waals surface area contributed by atoms with Gasteiger partial charge in [-0.1, -0.05) is 31.2 Å². The van der Waals surface area contributed by atoms with Gasteiger partial charge in [0, 0.05) is 24.6 Å². The zero-order valence-corrected chi connectivity index (χ0v) is 19.0. The summed E-state index contributed by atoms with van der Waals surface area (Å²) >= 11 is 0. The Morgan fingerprint density at radius 2 is 1.97 bits per heavy atom. The number of fused-ring (bicyclic) bond motifs is 4. The molecule has 3 N–H and O–H groups in total. The van der Waals surface area contributed by atoms with Crippen molar-refractivity contribution in [1.29, 1.82) is 0 Å². The fraction of sp³-hybridized carbons (Fsp3) is 0.423. The number of aromatic nitrogens is 2. The molecule has 3 saturated carbocycles. The van der Waals surface area contributed by atoms with Crippen LogP contribution in [0, 0.1) is 17.3 Å². The highest BCUT2D eigenvalue weighted by molar-refractivity contribution is 6.02. The van der Waals surface area contributed by atoms with E-state index in [4.69, 9.17) is 0 Å². The van der Waals surface area contributed by atoms with Crippen LogP contribution in [-0.2, 0) is 18.4 Å². The number of imidazole rings is 1. The van der Waals surface area contributed by atoms with Crippen LogP contribution in [0.25, 0.3) is 11.0 Å². The van der Waals surface area contributed by atoms with Crippen molar-refractivity contribution in [3.63, 3.8) is 0 Å². The molecule has 3 aromatic rings. The van der Waals surface area contributed by atoms with E-state index in [0.29, 0.717) is 12.1 Å². The van der Waals surface area contributed by atoms with E-state index in [9.17, 15) is 9.59 Å². The topological polar surface area (TPSA) is 88.0 Å². The molecule has 33 heavy (non-hydrogen) atoms. The van der Waals surface area contributed by atoms with Gasteiger partial charge in [-0.15, -0.1) is 0 Å². The molecule has 1 aromatic heterocycles. The van der Waals surface area contributed by atoms with Crippen molar-refractivity contribution in [2.45, 2.75) is 44.8 Å². The molecule has 0 radical (unpaired) electrons. The number of rotatable bonds is 3. The van der Waals surface area contributed by atoms with E-state index in [2.05, 4.69) is 27.9 Å². The summed E-state index contributed by atoms with van der Waals surface area (Å²) in [6.07, 6.45) is 3.50. The van der Waals surface area contributed by atoms with E-state index in [-0.39, 0.29) is 29.1 Å². The Balaban J connectivity index is 1.21. The molecule has 4 unspecified atom stereocenters. The molecule has 2 amide bonds. The van der Waals surface area contributed by atoms with Gasteiger partial charge in [0.25, 0.3) is 5.91 Å². The molecule has 2 bridgehead atoms. The standard InChI is InChI=1S/C26H29N5O2/c1-25-12-11-16(26(15-25)29-19-8-4-3-7-17(19)23(32)30-26)13-18(25)24(33)27-14-22-28-20-9-5-6-10-21(20)31(22)2/h3-10,16,18,29H,11-15H2,1-2H3,(H,27,33)(H,30,32). The minimum absolute atomic E-state index is 0.0247. The van der Waals surface area contributed by atoms with Crippen LogP contribution in [0.1, 0.15) is 48.8 Å². The second-order valence-corrected chi connectivity index (χ2v) is 10.2. The van der Waals surface area contributed by atoms with E-state index in [0.717, 1.165) is 48.2 Å². The number of aryl methyl sites for hydroxylation is 1. The number of carbonyl (C=O) groups excluding carboxylic acids is 2. The van der Waals surface area contributed by atoms with Gasteiger partial charge in [0.2, 0.25) is 5.91 Å². The molecule has 2 aromatic carbocycles. The van der Waals surface area contributed by atoms with Crippen LogP contribution in [0.15, 0.2) is 48.5 Å². The van der Waals surface area contributed by atoms with Gasteiger partial charge >= 0.3 is 0 Å². The number of hydrogen-bond donors (Lipinski definition) is 3. The Morgan fingerprint density at radius 1 is 1.18 bits per heavy atom. The zero-order chi connectivity index (χ0) is 22.8. The van der Waals surface area contributed by atoms with E-state index < -0.39 is 5.66 Å². The molecule has 7 heteroatoms. The maximum Gasteiger partial charge on any atom is 0.255 e. The molecule has 0 saturated heterocycles. The number of para-hydroxylation sites is 3. The second-order valence-electron chi connectivity index (χ2n) is 10.2. The van der Waals surface area contributed by atoms with Gasteiger partial charge in [-0.05, 0) is 55.4 Å². The van der Waals surface area contributed by atoms with E-state index in [1.165, 1.54) is 0 Å². The molecule has 3 fully saturated rings. The first kappa shape index (κ1) is 20.3. The normalized spacial score (nSPS) is 30.1. The molecule has 7 nitrogen and oxygen atoms in total. The maximum absolute atomic E-state index is 13.4. The molecule has 7 rings (SSSR count). The van der Waals surface area contributed by atoms with Gasteiger partial charge in [-0.25, -0.2) is 4.98 Å². The van der Waals surface area contributed by atoms with E-state index in [1.807, 2.05) is 60.1 Å². The van der Waals surface area contributed by atoms with Crippen LogP contribution < -0.4 is 16.0 Å². The van der Waals surface area contributed by atoms with Crippen LogP contribution in [0.5, 0.6) is 0 Å². The Morgan fingerprint density at radius 3 is 2.79 bits per heavy atom. The molecule has 1 aliphatic heterocycles. The molecule has 1 spiro atoms. The summed E-state index contributed by atoms with van der Waals surface area (Å²) in [5, 5.41) is 10.1. The smallest absolute Gasteiger partial charge is 0.255 e. The zero-order valence-electron chi connectivity index (χ0n) is 19.0. The van der Waals surface area contributed by atoms with Crippen LogP contribution in [-0.4, -0.2) is 27.0 Å². The number of carbonyl (C=O) groups is 2. The summed E-state index contributed by atoms with van der Waals surface area (Å²) in [5.74, 6) is 1.05. The molecule has 4 aliphatic rings. The third kappa shape index (κ3) is 3.05. The Bertz CT molecular complexity index is 1280. The predicted octanol–water partition coefficient (Wildman–Crippen LogP) is 3.57. The van der Waals surface area contributed by atoms with Crippen LogP contribution in [0.4, 0.5) is 5.69 Å². The molecular formula is C26H29N5O2. The quantitative estimate of drug-likeness (QED) is 0.578. The highest BCUT2D eigenvalue weighted by Gasteiger charge is 2.60. The Hall–Kier alpha value is -3.35. The molecular weight excluding hydrogens is 414 g/mol. The SMILES string of the molecule is Cn1c(CNC(=O)C2CC3CCC2(C)CC32NC(=O)c3ccccc3N2)nc2ccccc21. The van der Waals surface area contributed by atoms with Gasteiger partial charge in [0.1, 0.15) is 11.5 Å². The summed E-state index contributed by atoms with van der Waals surface area (Å²) in [6, 6.07) is 15.7. The lowest BCUT2D eigenvalue weighted by atomic mass is 9.51. The number of nitrogens with zero attached hydrogens (tertiary/aromatic N) is 2. The number of anilines is 1. The minimum atomic E-state index is -0.480. The summed E-state index contributed by atoms with van der Waals surface area (Å²) in [7, 11) is 1.99. The molecule has 3 aliphatic carbocycles. The molecule has 2 heterocycles. The average Bonchev–Trinajstić information content (AvgIpc) is 3.13.